The van der Waals surface area contributed by atoms with Crippen LogP contribution in [0.25, 0.3) is 0 Å². The van der Waals surface area contributed by atoms with E-state index in [1.807, 2.05) is 0 Å². The zero-order valence-electron chi connectivity index (χ0n) is 8.09. The van der Waals surface area contributed by atoms with Crippen molar-refractivity contribution in [1.82, 2.24) is 19.9 Å². The summed E-state index contributed by atoms with van der Waals surface area (Å²) in [5.74, 6) is 0.0928. The van der Waals surface area contributed by atoms with E-state index in [0.717, 1.165) is 0 Å². The van der Waals surface area contributed by atoms with Crippen LogP contribution in [-0.4, -0.2) is 38.3 Å². The average Bonchev–Trinajstić information content (AvgIpc) is 2.73. The number of hydrogen-bond donors (Lipinski definition) is 1. The average molecular weight is 209 g/mol. The van der Waals surface area contributed by atoms with Crippen LogP contribution in [-0.2, 0) is 16.1 Å². The van der Waals surface area contributed by atoms with Gasteiger partial charge in [0, 0.05) is 19.4 Å². The maximum absolute atomic E-state index is 11.2. The van der Waals surface area contributed by atoms with Crippen molar-refractivity contribution in [2.24, 2.45) is 0 Å². The molecule has 0 unspecified atom stereocenters. The van der Waals surface area contributed by atoms with E-state index in [-0.39, 0.29) is 11.8 Å². The van der Waals surface area contributed by atoms with Gasteiger partial charge in [-0.15, -0.1) is 5.10 Å². The monoisotopic (exact) mass is 209 g/mol. The summed E-state index contributed by atoms with van der Waals surface area (Å²) in [6.07, 6.45) is 2.20. The van der Waals surface area contributed by atoms with Crippen LogP contribution >= 0.6 is 0 Å². The Hall–Kier alpha value is -1.92. The third kappa shape index (κ3) is 1.95. The van der Waals surface area contributed by atoms with Gasteiger partial charge in [0.2, 0.25) is 11.8 Å². The SMILES string of the molecule is Nc1cn(CCN2C(=O)CCC2=O)nn1. The van der Waals surface area contributed by atoms with E-state index in [9.17, 15) is 9.59 Å². The van der Waals surface area contributed by atoms with Crippen molar-refractivity contribution >= 4 is 17.6 Å². The Bertz CT molecular complexity index is 383. The quantitative estimate of drug-likeness (QED) is 0.645. The van der Waals surface area contributed by atoms with Crippen LogP contribution in [0.15, 0.2) is 6.20 Å². The molecule has 0 aromatic carbocycles. The van der Waals surface area contributed by atoms with Crippen LogP contribution in [0.1, 0.15) is 12.8 Å². The molecule has 1 saturated heterocycles. The lowest BCUT2D eigenvalue weighted by molar-refractivity contribution is -0.138. The number of carbonyl (C=O) groups excluding carboxylic acids is 2. The van der Waals surface area contributed by atoms with Crippen LogP contribution in [0.3, 0.4) is 0 Å². The molecule has 2 N–H and O–H groups in total. The summed E-state index contributed by atoms with van der Waals surface area (Å²) in [6, 6.07) is 0. The number of amides is 2. The predicted molar refractivity (Wildman–Crippen MR) is 50.4 cm³/mol. The highest BCUT2D eigenvalue weighted by Gasteiger charge is 2.28. The topological polar surface area (TPSA) is 94.1 Å². The van der Waals surface area contributed by atoms with Crippen molar-refractivity contribution < 1.29 is 9.59 Å². The molecule has 2 amide bonds. The molecule has 2 heterocycles. The van der Waals surface area contributed by atoms with Crippen molar-refractivity contribution in [2.45, 2.75) is 19.4 Å². The van der Waals surface area contributed by atoms with E-state index in [2.05, 4.69) is 10.3 Å². The first kappa shape index (κ1) is 9.63. The minimum Gasteiger partial charge on any atom is -0.381 e. The number of rotatable bonds is 3. The summed E-state index contributed by atoms with van der Waals surface area (Å²) in [7, 11) is 0. The van der Waals surface area contributed by atoms with Crippen molar-refractivity contribution in [3.8, 4) is 0 Å². The molecule has 80 valence electrons. The minimum absolute atomic E-state index is 0.118. The molecule has 0 bridgehead atoms. The zero-order chi connectivity index (χ0) is 10.8. The Labute approximate surface area is 85.8 Å². The molecule has 1 aliphatic heterocycles. The second kappa shape index (κ2) is 3.68. The van der Waals surface area contributed by atoms with Crippen molar-refractivity contribution in [3.63, 3.8) is 0 Å². The molecular weight excluding hydrogens is 198 g/mol. The lowest BCUT2D eigenvalue weighted by Gasteiger charge is -2.12. The number of nitrogens with zero attached hydrogens (tertiary/aromatic N) is 4. The summed E-state index contributed by atoms with van der Waals surface area (Å²) in [5.41, 5.74) is 5.37. The first-order valence-corrected chi connectivity index (χ1v) is 4.65. The molecule has 0 spiro atoms. The second-order valence-electron chi connectivity index (χ2n) is 3.35. The fourth-order valence-corrected chi connectivity index (χ4v) is 1.50. The van der Waals surface area contributed by atoms with Gasteiger partial charge in [-0.3, -0.25) is 14.5 Å². The molecule has 7 heteroatoms. The molecule has 1 aromatic rings. The molecular formula is C8H11N5O2. The van der Waals surface area contributed by atoms with Crippen molar-refractivity contribution in [3.05, 3.63) is 6.20 Å². The lowest BCUT2D eigenvalue weighted by atomic mass is 10.4. The molecule has 0 radical (unpaired) electrons. The Kier molecular flexibility index (Phi) is 2.36. The van der Waals surface area contributed by atoms with Gasteiger partial charge in [0.1, 0.15) is 0 Å². The van der Waals surface area contributed by atoms with Gasteiger partial charge in [-0.25, -0.2) is 4.68 Å². The zero-order valence-corrected chi connectivity index (χ0v) is 8.09. The predicted octanol–water partition coefficient (Wildman–Crippen LogP) is -0.991. The van der Waals surface area contributed by atoms with Crippen LogP contribution in [0.4, 0.5) is 5.82 Å². The molecule has 15 heavy (non-hydrogen) atoms. The molecule has 1 fully saturated rings. The molecule has 0 atom stereocenters. The normalized spacial score (nSPS) is 16.4. The van der Waals surface area contributed by atoms with Gasteiger partial charge >= 0.3 is 0 Å². The van der Waals surface area contributed by atoms with Crippen molar-refractivity contribution in [1.29, 1.82) is 0 Å². The van der Waals surface area contributed by atoms with Gasteiger partial charge in [0.25, 0.3) is 0 Å². The first-order chi connectivity index (χ1) is 7.16. The summed E-state index contributed by atoms with van der Waals surface area (Å²) in [6.45, 7) is 0.766. The van der Waals surface area contributed by atoms with Crippen LogP contribution in [0, 0.1) is 0 Å². The van der Waals surface area contributed by atoms with E-state index in [4.69, 9.17) is 5.73 Å². The van der Waals surface area contributed by atoms with Crippen LogP contribution < -0.4 is 5.73 Å². The van der Waals surface area contributed by atoms with Gasteiger partial charge in [0.15, 0.2) is 5.82 Å². The highest BCUT2D eigenvalue weighted by Crippen LogP contribution is 2.11. The Morgan fingerprint density at radius 3 is 2.47 bits per heavy atom. The standard InChI is InChI=1S/C8H11N5O2/c9-6-5-12(11-10-6)3-4-13-7(14)1-2-8(13)15/h5H,1-4,9H2. The number of nitrogens with two attached hydrogens (primary N) is 1. The van der Waals surface area contributed by atoms with Gasteiger partial charge in [-0.2, -0.15) is 0 Å². The maximum atomic E-state index is 11.2. The number of carbonyl (C=O) groups is 2. The fraction of sp³-hybridized carbons (Fsp3) is 0.500. The highest BCUT2D eigenvalue weighted by molar-refractivity contribution is 6.01. The maximum Gasteiger partial charge on any atom is 0.229 e. The molecule has 1 aromatic heterocycles. The molecule has 1 aliphatic rings. The molecule has 0 saturated carbocycles. The number of aromatic nitrogens is 3. The number of likely N-dealkylation sites (tertiary alicyclic amines) is 1. The van der Waals surface area contributed by atoms with Gasteiger partial charge in [-0.05, 0) is 0 Å². The smallest absolute Gasteiger partial charge is 0.229 e. The molecule has 7 nitrogen and oxygen atoms in total. The first-order valence-electron chi connectivity index (χ1n) is 4.65. The third-order valence-corrected chi connectivity index (χ3v) is 2.26. The Morgan fingerprint density at radius 1 is 1.27 bits per heavy atom. The van der Waals surface area contributed by atoms with Gasteiger partial charge in [-0.1, -0.05) is 5.21 Å². The number of nitrogen functional groups attached to an aromatic ring is 1. The van der Waals surface area contributed by atoms with E-state index in [0.29, 0.717) is 31.7 Å². The van der Waals surface area contributed by atoms with Crippen LogP contribution in [0.2, 0.25) is 0 Å². The number of imide groups is 1. The van der Waals surface area contributed by atoms with E-state index >= 15 is 0 Å². The van der Waals surface area contributed by atoms with Gasteiger partial charge in [0.05, 0.1) is 12.7 Å². The Morgan fingerprint density at radius 2 is 1.93 bits per heavy atom. The molecule has 2 rings (SSSR count). The van der Waals surface area contributed by atoms with E-state index in [1.54, 1.807) is 6.20 Å². The summed E-state index contributed by atoms with van der Waals surface area (Å²) in [5, 5.41) is 7.32. The lowest BCUT2D eigenvalue weighted by Crippen LogP contribution is -2.32. The minimum atomic E-state index is -0.118. The number of anilines is 1. The summed E-state index contributed by atoms with van der Waals surface area (Å²) in [4.78, 5) is 23.7. The largest absolute Gasteiger partial charge is 0.381 e. The fourth-order valence-electron chi connectivity index (χ4n) is 1.50. The van der Waals surface area contributed by atoms with Crippen molar-refractivity contribution in [2.75, 3.05) is 12.3 Å². The van der Waals surface area contributed by atoms with E-state index in [1.165, 1.54) is 9.58 Å². The third-order valence-electron chi connectivity index (χ3n) is 2.26. The number of hydrogen-bond acceptors (Lipinski definition) is 5. The second-order valence-corrected chi connectivity index (χ2v) is 3.35. The Balaban J connectivity index is 1.93. The highest BCUT2D eigenvalue weighted by atomic mass is 16.2. The van der Waals surface area contributed by atoms with Gasteiger partial charge < -0.3 is 5.73 Å². The van der Waals surface area contributed by atoms with Crippen LogP contribution in [0.5, 0.6) is 0 Å². The summed E-state index contributed by atoms with van der Waals surface area (Å²) >= 11 is 0. The van der Waals surface area contributed by atoms with E-state index < -0.39 is 0 Å². The molecule has 0 aliphatic carbocycles. The summed E-state index contributed by atoms with van der Waals surface area (Å²) < 4.78 is 1.51.